The van der Waals surface area contributed by atoms with Crippen molar-refractivity contribution >= 4 is 27.6 Å². The summed E-state index contributed by atoms with van der Waals surface area (Å²) in [6.07, 6.45) is 1.63. The number of nitrogens with one attached hydrogen (secondary N) is 2. The molecular weight excluding hydrogens is 448 g/mol. The van der Waals surface area contributed by atoms with Gasteiger partial charge in [0.2, 0.25) is 10.0 Å². The normalized spacial score (nSPS) is 11.2. The number of hydrogen-bond donors (Lipinski definition) is 2. The summed E-state index contributed by atoms with van der Waals surface area (Å²) in [5.74, 6) is -0.960. The lowest BCUT2D eigenvalue weighted by molar-refractivity contribution is 0.0518. The number of anilines is 1. The number of ether oxygens (including phenoxy) is 2. The molecule has 1 amide bonds. The Hall–Kier alpha value is -3.54. The lowest BCUT2D eigenvalue weighted by atomic mass is 10.2. The van der Waals surface area contributed by atoms with E-state index < -0.39 is 21.9 Å². The number of benzene rings is 2. The van der Waals surface area contributed by atoms with Crippen LogP contribution in [0.1, 0.15) is 27.8 Å². The molecule has 2 aromatic carbocycles. The number of hydrogen-bond acceptors (Lipinski definition) is 7. The number of rotatable bonds is 10. The number of methoxy groups -OCH3 is 1. The third-order valence-electron chi connectivity index (χ3n) is 4.47. The van der Waals surface area contributed by atoms with Gasteiger partial charge in [-0.05, 0) is 55.5 Å². The average Bonchev–Trinajstić information content (AvgIpc) is 3.30. The van der Waals surface area contributed by atoms with Crippen LogP contribution in [0.5, 0.6) is 0 Å². The summed E-state index contributed by atoms with van der Waals surface area (Å²) in [6, 6.07) is 14.1. The van der Waals surface area contributed by atoms with Crippen LogP contribution in [0, 0.1) is 0 Å². The monoisotopic (exact) mass is 472 g/mol. The Balaban J connectivity index is 1.68. The first-order chi connectivity index (χ1) is 15.8. The van der Waals surface area contributed by atoms with Gasteiger partial charge in [-0.15, -0.1) is 0 Å². The van der Waals surface area contributed by atoms with Crippen LogP contribution in [-0.2, 0) is 19.5 Å². The maximum atomic E-state index is 12.6. The molecule has 1 heterocycles. The van der Waals surface area contributed by atoms with Crippen LogP contribution in [0.2, 0.25) is 0 Å². The van der Waals surface area contributed by atoms with Gasteiger partial charge in [-0.25, -0.2) is 22.6 Å². The molecule has 10 nitrogen and oxygen atoms in total. The van der Waals surface area contributed by atoms with E-state index in [4.69, 9.17) is 9.47 Å². The number of carbonyl (C=O) groups is 2. The fourth-order valence-electron chi connectivity index (χ4n) is 2.85. The molecule has 0 fully saturated rings. The lowest BCUT2D eigenvalue weighted by Crippen LogP contribution is -2.27. The summed E-state index contributed by atoms with van der Waals surface area (Å²) in [5.41, 5.74) is 1.58. The Morgan fingerprint density at radius 2 is 1.85 bits per heavy atom. The Bertz CT molecular complexity index is 1220. The maximum absolute atomic E-state index is 12.6. The van der Waals surface area contributed by atoms with Crippen LogP contribution in [0.4, 0.5) is 5.69 Å². The molecule has 1 aromatic heterocycles. The summed E-state index contributed by atoms with van der Waals surface area (Å²) in [5, 5.41) is 6.91. The Morgan fingerprint density at radius 1 is 1.09 bits per heavy atom. The van der Waals surface area contributed by atoms with Gasteiger partial charge in [-0.3, -0.25) is 4.79 Å². The predicted octanol–water partition coefficient (Wildman–Crippen LogP) is 2.23. The minimum absolute atomic E-state index is 0.0160. The predicted molar refractivity (Wildman–Crippen MR) is 121 cm³/mol. The van der Waals surface area contributed by atoms with Crippen molar-refractivity contribution in [3.05, 3.63) is 72.1 Å². The van der Waals surface area contributed by atoms with Gasteiger partial charge < -0.3 is 14.8 Å². The van der Waals surface area contributed by atoms with E-state index in [1.54, 1.807) is 43.5 Å². The van der Waals surface area contributed by atoms with Gasteiger partial charge in [0, 0.05) is 31.1 Å². The second-order valence-corrected chi connectivity index (χ2v) is 8.55. The van der Waals surface area contributed by atoms with Gasteiger partial charge >= 0.3 is 5.97 Å². The summed E-state index contributed by atoms with van der Waals surface area (Å²) >= 11 is 0. The molecule has 0 unspecified atom stereocenters. The van der Waals surface area contributed by atoms with Gasteiger partial charge in [0.25, 0.3) is 5.91 Å². The maximum Gasteiger partial charge on any atom is 0.358 e. The first-order valence-electron chi connectivity index (χ1n) is 10.1. The van der Waals surface area contributed by atoms with Crippen LogP contribution in [0.15, 0.2) is 65.7 Å². The fourth-order valence-corrected chi connectivity index (χ4v) is 3.91. The van der Waals surface area contributed by atoms with E-state index in [9.17, 15) is 18.0 Å². The molecule has 0 aliphatic heterocycles. The zero-order valence-corrected chi connectivity index (χ0v) is 19.0. The van der Waals surface area contributed by atoms with Crippen molar-refractivity contribution in [1.29, 1.82) is 0 Å². The SMILES string of the molecule is CCOC(=O)c1ccn(-c2ccc(NC(=O)c3cccc(S(=O)(=O)NCCOC)c3)cc2)n1. The zero-order chi connectivity index (χ0) is 23.8. The number of esters is 1. The second kappa shape index (κ2) is 10.9. The molecular formula is C22H24N4O6S. The highest BCUT2D eigenvalue weighted by atomic mass is 32.2. The summed E-state index contributed by atoms with van der Waals surface area (Å²) in [6.45, 7) is 2.34. The standard InChI is InChI=1S/C22H24N4O6S/c1-3-32-22(28)20-11-13-26(25-20)18-9-7-17(8-10-18)24-21(27)16-5-4-6-19(15-16)33(29,30)23-12-14-31-2/h4-11,13,15,23H,3,12,14H2,1-2H3,(H,24,27). The fraction of sp³-hybridized carbons (Fsp3) is 0.227. The van der Waals surface area contributed by atoms with Crippen LogP contribution >= 0.6 is 0 Å². The van der Waals surface area contributed by atoms with E-state index in [1.807, 2.05) is 0 Å². The van der Waals surface area contributed by atoms with Gasteiger partial charge in [0.15, 0.2) is 5.69 Å². The molecule has 2 N–H and O–H groups in total. The van der Waals surface area contributed by atoms with E-state index in [1.165, 1.54) is 36.1 Å². The molecule has 3 rings (SSSR count). The Labute approximate surface area is 191 Å². The van der Waals surface area contributed by atoms with E-state index in [0.717, 1.165) is 0 Å². The smallest absolute Gasteiger partial charge is 0.358 e. The first-order valence-corrected chi connectivity index (χ1v) is 11.6. The number of aromatic nitrogens is 2. The van der Waals surface area contributed by atoms with Crippen molar-refractivity contribution in [3.63, 3.8) is 0 Å². The zero-order valence-electron chi connectivity index (χ0n) is 18.1. The quantitative estimate of drug-likeness (QED) is 0.342. The highest BCUT2D eigenvalue weighted by molar-refractivity contribution is 7.89. The van der Waals surface area contributed by atoms with Crippen molar-refractivity contribution in [3.8, 4) is 5.69 Å². The average molecular weight is 473 g/mol. The minimum Gasteiger partial charge on any atom is -0.461 e. The van der Waals surface area contributed by atoms with E-state index >= 15 is 0 Å². The molecule has 0 radical (unpaired) electrons. The molecule has 0 bridgehead atoms. The lowest BCUT2D eigenvalue weighted by Gasteiger charge is -2.09. The van der Waals surface area contributed by atoms with Gasteiger partial charge in [-0.2, -0.15) is 5.10 Å². The van der Waals surface area contributed by atoms with Crippen LogP contribution < -0.4 is 10.0 Å². The number of carbonyl (C=O) groups excluding carboxylic acids is 2. The molecule has 174 valence electrons. The number of amides is 1. The van der Waals surface area contributed by atoms with Crippen LogP contribution in [-0.4, -0.2) is 56.9 Å². The molecule has 0 saturated heterocycles. The largest absolute Gasteiger partial charge is 0.461 e. The highest BCUT2D eigenvalue weighted by Gasteiger charge is 2.16. The second-order valence-electron chi connectivity index (χ2n) is 6.79. The van der Waals surface area contributed by atoms with Crippen LogP contribution in [0.25, 0.3) is 5.69 Å². The highest BCUT2D eigenvalue weighted by Crippen LogP contribution is 2.16. The molecule has 0 atom stereocenters. The van der Waals surface area contributed by atoms with Gasteiger partial charge in [-0.1, -0.05) is 6.07 Å². The van der Waals surface area contributed by atoms with Crippen LogP contribution in [0.3, 0.4) is 0 Å². The molecule has 0 spiro atoms. The summed E-state index contributed by atoms with van der Waals surface area (Å²) < 4.78 is 38.4. The summed E-state index contributed by atoms with van der Waals surface area (Å²) in [4.78, 5) is 24.4. The van der Waals surface area contributed by atoms with E-state index in [-0.39, 0.29) is 35.9 Å². The Kier molecular flexibility index (Phi) is 7.93. The van der Waals surface area contributed by atoms with Crippen molar-refractivity contribution in [2.45, 2.75) is 11.8 Å². The summed E-state index contributed by atoms with van der Waals surface area (Å²) in [7, 11) is -2.28. The molecule has 33 heavy (non-hydrogen) atoms. The van der Waals surface area contributed by atoms with Crippen molar-refractivity contribution in [2.75, 3.05) is 32.2 Å². The van der Waals surface area contributed by atoms with Crippen molar-refractivity contribution in [2.24, 2.45) is 0 Å². The third kappa shape index (κ3) is 6.25. The first kappa shape index (κ1) is 24.1. The molecule has 0 aliphatic rings. The van der Waals surface area contributed by atoms with E-state index in [0.29, 0.717) is 11.4 Å². The topological polar surface area (TPSA) is 129 Å². The minimum atomic E-state index is -3.76. The van der Waals surface area contributed by atoms with Gasteiger partial charge in [0.1, 0.15) is 0 Å². The number of sulfonamides is 1. The van der Waals surface area contributed by atoms with Crippen molar-refractivity contribution < 1.29 is 27.5 Å². The molecule has 0 aliphatic carbocycles. The number of nitrogens with zero attached hydrogens (tertiary/aromatic N) is 2. The molecule has 0 saturated carbocycles. The Morgan fingerprint density at radius 3 is 2.55 bits per heavy atom. The molecule has 3 aromatic rings. The van der Waals surface area contributed by atoms with Crippen molar-refractivity contribution in [1.82, 2.24) is 14.5 Å². The van der Waals surface area contributed by atoms with E-state index in [2.05, 4.69) is 15.1 Å². The third-order valence-corrected chi connectivity index (χ3v) is 5.93. The molecule has 11 heteroatoms. The van der Waals surface area contributed by atoms with Gasteiger partial charge in [0.05, 0.1) is 23.8 Å².